The number of nitrogens with one attached hydrogen (secondary N) is 2. The molecular weight excluding hydrogens is 389 g/mol. The van der Waals surface area contributed by atoms with Gasteiger partial charge < -0.3 is 19.9 Å². The van der Waals surface area contributed by atoms with Crippen molar-refractivity contribution in [2.45, 2.75) is 26.5 Å². The number of hydrogen-bond donors (Lipinski definition) is 2. The van der Waals surface area contributed by atoms with Crippen molar-refractivity contribution in [2.75, 3.05) is 13.1 Å². The summed E-state index contributed by atoms with van der Waals surface area (Å²) in [5.41, 5.74) is 0.197. The number of rotatable bonds is 8. The monoisotopic (exact) mass is 407 g/mol. The average Bonchev–Trinajstić information content (AvgIpc) is 3.01. The van der Waals surface area contributed by atoms with Crippen LogP contribution in [0.3, 0.4) is 0 Å². The normalized spacial score (nSPS) is 11.5. The molecular formula is C16H20Cl3N3O3. The topological polar surface area (TPSA) is 76.4 Å². The highest BCUT2D eigenvalue weighted by molar-refractivity contribution is 6.37. The fourth-order valence-corrected chi connectivity index (χ4v) is 2.52. The van der Waals surface area contributed by atoms with E-state index in [0.717, 1.165) is 6.54 Å². The van der Waals surface area contributed by atoms with E-state index in [2.05, 4.69) is 15.8 Å². The number of nitrogens with zero attached hydrogens (tertiary/aromatic N) is 1. The van der Waals surface area contributed by atoms with Gasteiger partial charge in [0, 0.05) is 18.7 Å². The Morgan fingerprint density at radius 2 is 2.04 bits per heavy atom. The molecule has 1 aromatic heterocycles. The number of halogens is 3. The maximum Gasteiger partial charge on any atom is 0.273 e. The summed E-state index contributed by atoms with van der Waals surface area (Å²) in [7, 11) is 0. The van der Waals surface area contributed by atoms with Gasteiger partial charge in [0.1, 0.15) is 6.61 Å². The molecule has 0 radical (unpaired) electrons. The Morgan fingerprint density at radius 1 is 1.36 bits per heavy atom. The lowest BCUT2D eigenvalue weighted by Gasteiger charge is -2.12. The van der Waals surface area contributed by atoms with Gasteiger partial charge in [-0.05, 0) is 25.6 Å². The third kappa shape index (κ3) is 6.40. The van der Waals surface area contributed by atoms with Crippen LogP contribution in [0.4, 0.5) is 0 Å². The van der Waals surface area contributed by atoms with Gasteiger partial charge in [-0.1, -0.05) is 41.3 Å². The van der Waals surface area contributed by atoms with Crippen molar-refractivity contribution >= 4 is 41.5 Å². The summed E-state index contributed by atoms with van der Waals surface area (Å²) >= 11 is 12.0. The van der Waals surface area contributed by atoms with Crippen LogP contribution in [-0.2, 0) is 6.61 Å². The molecule has 2 rings (SSSR count). The highest BCUT2D eigenvalue weighted by Gasteiger charge is 2.14. The van der Waals surface area contributed by atoms with E-state index in [-0.39, 0.29) is 36.7 Å². The Morgan fingerprint density at radius 3 is 2.68 bits per heavy atom. The van der Waals surface area contributed by atoms with Crippen LogP contribution in [0.25, 0.3) is 0 Å². The van der Waals surface area contributed by atoms with Crippen LogP contribution < -0.4 is 15.4 Å². The van der Waals surface area contributed by atoms with Crippen molar-refractivity contribution in [3.05, 3.63) is 45.8 Å². The molecule has 6 nitrogen and oxygen atoms in total. The molecule has 0 aliphatic carbocycles. The number of amides is 1. The van der Waals surface area contributed by atoms with Gasteiger partial charge in [0.2, 0.25) is 0 Å². The van der Waals surface area contributed by atoms with Crippen LogP contribution in [0, 0.1) is 0 Å². The number of likely N-dealkylation sites (N-methyl/N-ethyl adjacent to an activating group) is 1. The highest BCUT2D eigenvalue weighted by Crippen LogP contribution is 2.32. The molecule has 0 aliphatic heterocycles. The summed E-state index contributed by atoms with van der Waals surface area (Å²) < 4.78 is 10.6. The van der Waals surface area contributed by atoms with Crippen LogP contribution in [0.5, 0.6) is 5.75 Å². The summed E-state index contributed by atoms with van der Waals surface area (Å²) in [6.07, 6.45) is 0. The smallest absolute Gasteiger partial charge is 0.273 e. The van der Waals surface area contributed by atoms with Crippen molar-refractivity contribution in [2.24, 2.45) is 0 Å². The second kappa shape index (κ2) is 10.5. The van der Waals surface area contributed by atoms with Crippen molar-refractivity contribution in [1.29, 1.82) is 0 Å². The predicted molar refractivity (Wildman–Crippen MR) is 100 cm³/mol. The summed E-state index contributed by atoms with van der Waals surface area (Å²) in [4.78, 5) is 12.0. The molecule has 138 valence electrons. The Kier molecular flexibility index (Phi) is 9.06. The van der Waals surface area contributed by atoms with E-state index >= 15 is 0 Å². The lowest BCUT2D eigenvalue weighted by Crippen LogP contribution is -2.38. The van der Waals surface area contributed by atoms with Crippen LogP contribution in [0.1, 0.15) is 30.1 Å². The van der Waals surface area contributed by atoms with Gasteiger partial charge in [0.05, 0.1) is 10.0 Å². The number of para-hydroxylation sites is 1. The molecule has 0 aliphatic rings. The number of carbonyl (C=O) groups is 1. The second-order valence-corrected chi connectivity index (χ2v) is 6.00. The minimum atomic E-state index is -0.300. The van der Waals surface area contributed by atoms with Gasteiger partial charge in [-0.2, -0.15) is 0 Å². The lowest BCUT2D eigenvalue weighted by molar-refractivity contribution is 0.0941. The first-order valence-electron chi connectivity index (χ1n) is 7.55. The molecule has 0 saturated carbocycles. The molecule has 1 atom stereocenters. The Balaban J connectivity index is 0.00000312. The Bertz CT molecular complexity index is 674. The van der Waals surface area contributed by atoms with Gasteiger partial charge in [0.25, 0.3) is 5.91 Å². The van der Waals surface area contributed by atoms with Crippen LogP contribution in [0.15, 0.2) is 28.8 Å². The molecule has 9 heteroatoms. The maximum absolute atomic E-state index is 12.0. The quantitative estimate of drug-likeness (QED) is 0.696. The zero-order chi connectivity index (χ0) is 17.5. The maximum atomic E-state index is 12.0. The minimum Gasteiger partial charge on any atom is -0.482 e. The molecule has 25 heavy (non-hydrogen) atoms. The average molecular weight is 409 g/mol. The van der Waals surface area contributed by atoms with E-state index in [0.29, 0.717) is 28.1 Å². The number of hydrogen-bond acceptors (Lipinski definition) is 5. The number of aromatic nitrogens is 1. The summed E-state index contributed by atoms with van der Waals surface area (Å²) in [5.74, 6) is 0.462. The van der Waals surface area contributed by atoms with Gasteiger partial charge in [-0.25, -0.2) is 0 Å². The van der Waals surface area contributed by atoms with Crippen LogP contribution in [0.2, 0.25) is 10.0 Å². The van der Waals surface area contributed by atoms with Crippen molar-refractivity contribution in [3.63, 3.8) is 0 Å². The van der Waals surface area contributed by atoms with Crippen LogP contribution >= 0.6 is 35.6 Å². The number of carbonyl (C=O) groups excluding carboxylic acids is 1. The fraction of sp³-hybridized carbons (Fsp3) is 0.375. The molecule has 0 bridgehead atoms. The first-order chi connectivity index (χ1) is 11.5. The molecule has 2 N–H and O–H groups in total. The molecule has 0 unspecified atom stereocenters. The zero-order valence-electron chi connectivity index (χ0n) is 13.8. The standard InChI is InChI=1S/C16H19Cl2N3O3.ClH/c1-3-19-10(2)8-20-16(22)14-7-11(24-21-14)9-23-15-12(17)5-4-6-13(15)18;/h4-7,10,19H,3,8-9H2,1-2H3,(H,20,22);1H/t10-;/m1./s1. The van der Waals surface area contributed by atoms with Crippen LogP contribution in [-0.4, -0.2) is 30.2 Å². The van der Waals surface area contributed by atoms with E-state index in [1.54, 1.807) is 18.2 Å². The molecule has 0 spiro atoms. The lowest BCUT2D eigenvalue weighted by atomic mass is 10.3. The molecule has 1 amide bonds. The van der Waals surface area contributed by atoms with Gasteiger partial charge in [0.15, 0.2) is 17.2 Å². The molecule has 0 fully saturated rings. The van der Waals surface area contributed by atoms with Crippen molar-refractivity contribution < 1.29 is 14.1 Å². The van der Waals surface area contributed by atoms with Gasteiger partial charge in [-0.15, -0.1) is 12.4 Å². The summed E-state index contributed by atoms with van der Waals surface area (Å²) in [6, 6.07) is 6.78. The van der Waals surface area contributed by atoms with E-state index in [1.807, 2.05) is 13.8 Å². The van der Waals surface area contributed by atoms with Gasteiger partial charge in [-0.3, -0.25) is 4.79 Å². The molecule has 2 aromatic rings. The Hall–Kier alpha value is -1.47. The first-order valence-corrected chi connectivity index (χ1v) is 8.30. The van der Waals surface area contributed by atoms with E-state index in [4.69, 9.17) is 32.5 Å². The predicted octanol–water partition coefficient (Wildman–Crippen LogP) is 3.71. The number of ether oxygens (including phenoxy) is 1. The van der Waals surface area contributed by atoms with Crippen molar-refractivity contribution in [3.8, 4) is 5.75 Å². The summed E-state index contributed by atoms with van der Waals surface area (Å²) in [6.45, 7) is 5.40. The largest absolute Gasteiger partial charge is 0.482 e. The van der Waals surface area contributed by atoms with Crippen molar-refractivity contribution in [1.82, 2.24) is 15.8 Å². The molecule has 0 saturated heterocycles. The highest BCUT2D eigenvalue weighted by atomic mass is 35.5. The first kappa shape index (κ1) is 21.6. The van der Waals surface area contributed by atoms with E-state index in [1.165, 1.54) is 6.07 Å². The van der Waals surface area contributed by atoms with E-state index < -0.39 is 0 Å². The van der Waals surface area contributed by atoms with E-state index in [9.17, 15) is 4.79 Å². The second-order valence-electron chi connectivity index (χ2n) is 5.19. The zero-order valence-corrected chi connectivity index (χ0v) is 16.2. The molecule has 1 aromatic carbocycles. The third-order valence-corrected chi connectivity index (χ3v) is 3.79. The molecule has 1 heterocycles. The summed E-state index contributed by atoms with van der Waals surface area (Å²) in [5, 5.41) is 10.5. The third-order valence-electron chi connectivity index (χ3n) is 3.19. The minimum absolute atomic E-state index is 0. The Labute approximate surface area is 162 Å². The fourth-order valence-electron chi connectivity index (χ4n) is 2.01. The van der Waals surface area contributed by atoms with Gasteiger partial charge >= 0.3 is 0 Å². The number of benzene rings is 1. The SMILES string of the molecule is CCN[C@H](C)CNC(=O)c1cc(COc2c(Cl)cccc2Cl)on1.Cl.